The first-order valence-corrected chi connectivity index (χ1v) is 11.2. The lowest BCUT2D eigenvalue weighted by Gasteiger charge is -2.19. The Bertz CT molecular complexity index is 1500. The van der Waals surface area contributed by atoms with Crippen molar-refractivity contribution in [2.45, 2.75) is 19.1 Å². The predicted octanol–water partition coefficient (Wildman–Crippen LogP) is -1.20. The van der Waals surface area contributed by atoms with Crippen LogP contribution in [0.5, 0.6) is 0 Å². The number of fused-ring (bicyclic) bond motifs is 1. The average molecular weight is 509 g/mol. The number of carbonyl (C=O) groups is 2. The molecule has 0 radical (unpaired) electrons. The number of carboxylic acid groups (broad SMARTS) is 1. The molecule has 4 aromatic rings. The maximum absolute atomic E-state index is 12.4. The molecule has 194 valence electrons. The molecule has 1 atom stereocenters. The SMILES string of the molecule is CN(CCC(O)Cn1cnc2c1c(=O)n(C)c(=O)n2C)C(=O)c1cccnc1.O=C([O-])c1cccnc1. The molecule has 0 bridgehead atoms. The Kier molecular flexibility index (Phi) is 8.64. The van der Waals surface area contributed by atoms with E-state index in [1.165, 1.54) is 59.1 Å². The van der Waals surface area contributed by atoms with E-state index in [1.54, 1.807) is 31.4 Å². The number of imidazole rings is 1. The normalized spacial score (nSPS) is 11.5. The monoisotopic (exact) mass is 508 g/mol. The van der Waals surface area contributed by atoms with Gasteiger partial charge in [0, 0.05) is 58.0 Å². The third-order valence-electron chi connectivity index (χ3n) is 5.57. The van der Waals surface area contributed by atoms with E-state index in [0.29, 0.717) is 18.5 Å². The van der Waals surface area contributed by atoms with Crippen LogP contribution in [0, 0.1) is 0 Å². The number of nitrogens with zero attached hydrogens (tertiary/aromatic N) is 7. The molecule has 0 saturated carbocycles. The molecule has 0 aliphatic carbocycles. The first-order valence-electron chi connectivity index (χ1n) is 11.2. The summed E-state index contributed by atoms with van der Waals surface area (Å²) in [5.74, 6) is -1.37. The summed E-state index contributed by atoms with van der Waals surface area (Å²) in [6.07, 6.45) is 6.78. The lowest BCUT2D eigenvalue weighted by molar-refractivity contribution is -0.255. The molecule has 0 aliphatic rings. The van der Waals surface area contributed by atoms with Gasteiger partial charge in [0.2, 0.25) is 0 Å². The van der Waals surface area contributed by atoms with Gasteiger partial charge in [-0.2, -0.15) is 0 Å². The van der Waals surface area contributed by atoms with Gasteiger partial charge in [-0.3, -0.25) is 28.7 Å². The molecular formula is C24H26N7O6-. The van der Waals surface area contributed by atoms with E-state index >= 15 is 0 Å². The molecule has 37 heavy (non-hydrogen) atoms. The van der Waals surface area contributed by atoms with Gasteiger partial charge in [0.1, 0.15) is 0 Å². The molecule has 0 aliphatic heterocycles. The van der Waals surface area contributed by atoms with Crippen molar-refractivity contribution in [2.75, 3.05) is 13.6 Å². The molecule has 4 heterocycles. The van der Waals surface area contributed by atoms with Gasteiger partial charge in [-0.05, 0) is 24.6 Å². The molecule has 0 aromatic carbocycles. The highest BCUT2D eigenvalue weighted by Crippen LogP contribution is 2.09. The minimum atomic E-state index is -1.19. The molecule has 1 amide bonds. The summed E-state index contributed by atoms with van der Waals surface area (Å²) in [5.41, 5.74) is 0.181. The quantitative estimate of drug-likeness (QED) is 0.322. The van der Waals surface area contributed by atoms with E-state index in [4.69, 9.17) is 0 Å². The van der Waals surface area contributed by atoms with Gasteiger partial charge >= 0.3 is 5.69 Å². The average Bonchev–Trinajstić information content (AvgIpc) is 3.33. The summed E-state index contributed by atoms with van der Waals surface area (Å²) >= 11 is 0. The number of pyridine rings is 2. The highest BCUT2D eigenvalue weighted by atomic mass is 16.4. The Hall–Kier alpha value is -4.65. The fourth-order valence-electron chi connectivity index (χ4n) is 3.49. The first kappa shape index (κ1) is 26.9. The number of hydrogen-bond acceptors (Lipinski definition) is 9. The standard InChI is InChI=1S/C18H22N6O4.C6H5NO2/c1-21(16(26)12-5-4-7-19-9-12)8-6-13(25)10-24-11-20-15-14(24)17(27)23(3)18(28)22(15)2;8-6(9)5-2-1-3-7-4-5/h4-5,7,9,11,13,25H,6,8,10H2,1-3H3;1-4H,(H,8,9)/p-1. The van der Waals surface area contributed by atoms with Crippen molar-refractivity contribution in [3.05, 3.63) is 87.3 Å². The van der Waals surface area contributed by atoms with Gasteiger partial charge in [0.25, 0.3) is 11.5 Å². The van der Waals surface area contributed by atoms with Gasteiger partial charge in [-0.1, -0.05) is 6.07 Å². The van der Waals surface area contributed by atoms with Crippen LogP contribution in [-0.2, 0) is 20.6 Å². The second kappa shape index (κ2) is 11.9. The minimum absolute atomic E-state index is 0.109. The van der Waals surface area contributed by atoms with E-state index in [9.17, 15) is 29.4 Å². The zero-order valence-electron chi connectivity index (χ0n) is 20.5. The highest BCUT2D eigenvalue weighted by molar-refractivity contribution is 5.93. The number of aromatic carboxylic acids is 1. The van der Waals surface area contributed by atoms with Crippen LogP contribution in [-0.4, -0.2) is 70.2 Å². The molecule has 4 rings (SSSR count). The van der Waals surface area contributed by atoms with Crippen LogP contribution < -0.4 is 16.4 Å². The molecule has 0 spiro atoms. The molecular weight excluding hydrogens is 482 g/mol. The number of aromatic nitrogens is 6. The summed E-state index contributed by atoms with van der Waals surface area (Å²) in [7, 11) is 4.59. The topological polar surface area (TPSA) is 168 Å². The van der Waals surface area contributed by atoms with Crippen molar-refractivity contribution in [1.29, 1.82) is 0 Å². The van der Waals surface area contributed by atoms with Crippen molar-refractivity contribution in [3.63, 3.8) is 0 Å². The first-order chi connectivity index (χ1) is 17.6. The Labute approximate surface area is 210 Å². The maximum Gasteiger partial charge on any atom is 0.332 e. The second-order valence-electron chi connectivity index (χ2n) is 8.21. The molecule has 13 heteroatoms. The number of aryl methyl sites for hydroxylation is 1. The molecule has 1 N–H and O–H groups in total. The molecule has 1 unspecified atom stereocenters. The van der Waals surface area contributed by atoms with E-state index in [1.807, 2.05) is 0 Å². The number of carboxylic acids is 1. The molecule has 0 saturated heterocycles. The smallest absolute Gasteiger partial charge is 0.332 e. The van der Waals surface area contributed by atoms with Crippen LogP contribution in [0.25, 0.3) is 11.2 Å². The van der Waals surface area contributed by atoms with Crippen LogP contribution in [0.4, 0.5) is 0 Å². The van der Waals surface area contributed by atoms with Crippen molar-refractivity contribution in [2.24, 2.45) is 14.1 Å². The number of carbonyl (C=O) groups excluding carboxylic acids is 2. The maximum atomic E-state index is 12.4. The lowest BCUT2D eigenvalue weighted by Crippen LogP contribution is -2.38. The fraction of sp³-hybridized carbons (Fsp3) is 0.292. The van der Waals surface area contributed by atoms with Gasteiger partial charge in [0.05, 0.1) is 30.5 Å². The van der Waals surface area contributed by atoms with Crippen molar-refractivity contribution >= 4 is 23.0 Å². The van der Waals surface area contributed by atoms with E-state index in [2.05, 4.69) is 15.0 Å². The van der Waals surface area contributed by atoms with E-state index in [-0.39, 0.29) is 29.2 Å². The number of rotatable bonds is 7. The Morgan fingerprint density at radius 2 is 1.68 bits per heavy atom. The van der Waals surface area contributed by atoms with Crippen LogP contribution in [0.2, 0.25) is 0 Å². The Morgan fingerprint density at radius 1 is 1.05 bits per heavy atom. The van der Waals surface area contributed by atoms with Crippen molar-refractivity contribution in [3.8, 4) is 0 Å². The second-order valence-corrected chi connectivity index (χ2v) is 8.21. The van der Waals surface area contributed by atoms with Crippen LogP contribution in [0.1, 0.15) is 27.1 Å². The third kappa shape index (κ3) is 6.32. The Morgan fingerprint density at radius 3 is 2.22 bits per heavy atom. The third-order valence-corrected chi connectivity index (χ3v) is 5.57. The summed E-state index contributed by atoms with van der Waals surface area (Å²) in [5, 5.41) is 20.4. The van der Waals surface area contributed by atoms with E-state index in [0.717, 1.165) is 4.57 Å². The highest BCUT2D eigenvalue weighted by Gasteiger charge is 2.18. The predicted molar refractivity (Wildman–Crippen MR) is 131 cm³/mol. The minimum Gasteiger partial charge on any atom is -0.545 e. The summed E-state index contributed by atoms with van der Waals surface area (Å²) < 4.78 is 3.83. The van der Waals surface area contributed by atoms with Gasteiger partial charge in [0.15, 0.2) is 11.2 Å². The fourth-order valence-corrected chi connectivity index (χ4v) is 3.49. The van der Waals surface area contributed by atoms with Gasteiger partial charge in [-0.25, -0.2) is 9.78 Å². The largest absolute Gasteiger partial charge is 0.545 e. The summed E-state index contributed by atoms with van der Waals surface area (Å²) in [6, 6.07) is 6.35. The number of hydrogen-bond donors (Lipinski definition) is 1. The van der Waals surface area contributed by atoms with Gasteiger partial charge in [-0.15, -0.1) is 0 Å². The molecule has 13 nitrogen and oxygen atoms in total. The number of amides is 1. The molecule has 0 fully saturated rings. The van der Waals surface area contributed by atoms with Crippen LogP contribution in [0.3, 0.4) is 0 Å². The summed E-state index contributed by atoms with van der Waals surface area (Å²) in [6.45, 7) is 0.455. The number of aliphatic hydroxyl groups excluding tert-OH is 1. The Balaban J connectivity index is 0.000000356. The van der Waals surface area contributed by atoms with Crippen molar-refractivity contribution in [1.82, 2.24) is 33.6 Å². The summed E-state index contributed by atoms with van der Waals surface area (Å²) in [4.78, 5) is 59.9. The van der Waals surface area contributed by atoms with Crippen LogP contribution in [0.15, 0.2) is 65.0 Å². The zero-order chi connectivity index (χ0) is 27.1. The zero-order valence-corrected chi connectivity index (χ0v) is 20.5. The van der Waals surface area contributed by atoms with Crippen LogP contribution >= 0.6 is 0 Å². The van der Waals surface area contributed by atoms with E-state index < -0.39 is 23.3 Å². The number of aliphatic hydroxyl groups is 1. The molecule has 4 aromatic heterocycles. The van der Waals surface area contributed by atoms with Crippen molar-refractivity contribution < 1.29 is 19.8 Å². The van der Waals surface area contributed by atoms with Gasteiger partial charge < -0.3 is 24.5 Å². The lowest BCUT2D eigenvalue weighted by atomic mass is 10.2.